The number of pyridine rings is 1. The number of allylic oxidation sites excluding steroid dienone is 2. The van der Waals surface area contributed by atoms with Crippen LogP contribution in [-0.2, 0) is 12.4 Å². The third-order valence-electron chi connectivity index (χ3n) is 5.52. The number of halogens is 6. The first-order valence-electron chi connectivity index (χ1n) is 10.8. The summed E-state index contributed by atoms with van der Waals surface area (Å²) in [5.41, 5.74) is -0.994. The lowest BCUT2D eigenvalue weighted by molar-refractivity contribution is -0.141. The van der Waals surface area contributed by atoms with Crippen molar-refractivity contribution >= 4 is 19.2 Å². The van der Waals surface area contributed by atoms with E-state index in [-0.39, 0.29) is 5.88 Å². The molecule has 0 saturated carbocycles. The van der Waals surface area contributed by atoms with E-state index in [1.54, 1.807) is 41.5 Å². The zero-order chi connectivity index (χ0) is 26.8. The Bertz CT molecular complexity index is 1350. The molecule has 1 aliphatic carbocycles. The van der Waals surface area contributed by atoms with E-state index in [4.69, 9.17) is 12.6 Å². The third kappa shape index (κ3) is 6.22. The van der Waals surface area contributed by atoms with Gasteiger partial charge in [-0.05, 0) is 36.6 Å². The van der Waals surface area contributed by atoms with Gasteiger partial charge in [-0.3, -0.25) is 9.89 Å². The Morgan fingerprint density at radius 3 is 2.49 bits per heavy atom. The van der Waals surface area contributed by atoms with Gasteiger partial charge in [-0.2, -0.15) is 31.4 Å². The van der Waals surface area contributed by atoms with Crippen LogP contribution in [-0.4, -0.2) is 35.0 Å². The Morgan fingerprint density at radius 1 is 1.08 bits per heavy atom. The number of H-pyrrole nitrogens is 1. The third-order valence-corrected chi connectivity index (χ3v) is 5.52. The van der Waals surface area contributed by atoms with Crippen LogP contribution in [0.15, 0.2) is 66.5 Å². The van der Waals surface area contributed by atoms with Crippen molar-refractivity contribution in [3.05, 3.63) is 88.9 Å². The van der Waals surface area contributed by atoms with Crippen LogP contribution in [0.4, 0.5) is 26.3 Å². The number of ether oxygens (including phenoxy) is 1. The van der Waals surface area contributed by atoms with E-state index in [1.165, 1.54) is 0 Å². The largest absolute Gasteiger partial charge is 0.439 e. The van der Waals surface area contributed by atoms with E-state index in [1.807, 2.05) is 0 Å². The molecule has 2 radical (unpaired) electrons. The number of amides is 1. The van der Waals surface area contributed by atoms with Gasteiger partial charge in [-0.1, -0.05) is 35.3 Å². The quantitative estimate of drug-likeness (QED) is 0.338. The highest BCUT2D eigenvalue weighted by Gasteiger charge is 2.38. The van der Waals surface area contributed by atoms with Crippen LogP contribution in [0.2, 0.25) is 0 Å². The van der Waals surface area contributed by atoms with Crippen molar-refractivity contribution in [3.63, 3.8) is 0 Å². The van der Waals surface area contributed by atoms with Gasteiger partial charge < -0.3 is 10.1 Å². The lowest BCUT2D eigenvalue weighted by atomic mass is 9.80. The highest BCUT2D eigenvalue weighted by Crippen LogP contribution is 2.32. The van der Waals surface area contributed by atoms with Gasteiger partial charge in [-0.15, -0.1) is 0 Å². The molecule has 0 bridgehead atoms. The van der Waals surface area contributed by atoms with E-state index < -0.39 is 41.1 Å². The van der Waals surface area contributed by atoms with Crippen LogP contribution >= 0.6 is 0 Å². The molecule has 1 unspecified atom stereocenters. The van der Waals surface area contributed by atoms with Crippen molar-refractivity contribution in [2.24, 2.45) is 0 Å². The summed E-state index contributed by atoms with van der Waals surface area (Å²) in [5, 5.41) is 7.64. The zero-order valence-electron chi connectivity index (χ0n) is 18.8. The van der Waals surface area contributed by atoms with Gasteiger partial charge in [0.15, 0.2) is 5.69 Å². The van der Waals surface area contributed by atoms with Gasteiger partial charge in [0.2, 0.25) is 5.88 Å². The Kier molecular flexibility index (Phi) is 7.15. The van der Waals surface area contributed by atoms with Gasteiger partial charge in [0.05, 0.1) is 17.3 Å². The SMILES string of the molecule is [B]/C(=C1\C=CC(NC(=O)c2cn[nH]c2C(F)(F)F)CC1)c1cccc(Oc2ccc(C(F)(F)F)cn2)c1. The highest BCUT2D eigenvalue weighted by atomic mass is 19.4. The molecule has 13 heteroatoms. The number of alkyl halides is 6. The molecule has 0 saturated heterocycles. The van der Waals surface area contributed by atoms with Crippen molar-refractivity contribution in [3.8, 4) is 11.6 Å². The Hall–Kier alpha value is -4.03. The summed E-state index contributed by atoms with van der Waals surface area (Å²) >= 11 is 0. The van der Waals surface area contributed by atoms with Crippen LogP contribution in [0.5, 0.6) is 11.6 Å². The maximum Gasteiger partial charge on any atom is 0.433 e. The van der Waals surface area contributed by atoms with Crippen molar-refractivity contribution < 1.29 is 35.9 Å². The monoisotopic (exact) mass is 518 g/mol. The number of carbonyl (C=O) groups is 1. The topological polar surface area (TPSA) is 79.9 Å². The minimum atomic E-state index is -4.74. The molecule has 0 aliphatic heterocycles. The van der Waals surface area contributed by atoms with E-state index in [2.05, 4.69) is 15.4 Å². The van der Waals surface area contributed by atoms with Gasteiger partial charge in [0, 0.05) is 18.3 Å². The molecule has 2 heterocycles. The molecule has 1 amide bonds. The lowest BCUT2D eigenvalue weighted by Gasteiger charge is -2.22. The maximum absolute atomic E-state index is 13.0. The number of rotatable bonds is 5. The Balaban J connectivity index is 1.43. The standard InChI is InChI=1S/C24H17BF6N4O2/c25-20(14-2-1-3-17(10-14)37-19-9-6-15(11-32-19)23(26,27)28)13-4-7-16(8-5-13)34-22(36)18-12-33-35-21(18)24(29,30)31/h1-4,6-7,9-12,16H,5,8H2,(H,33,35)(H,34,36)/b20-13+. The molecular weight excluding hydrogens is 501 g/mol. The molecule has 2 aromatic heterocycles. The number of hydrogen-bond donors (Lipinski definition) is 2. The van der Waals surface area contributed by atoms with Crippen LogP contribution in [0.25, 0.3) is 5.47 Å². The van der Waals surface area contributed by atoms with Crippen LogP contribution in [0.1, 0.15) is 40.0 Å². The average Bonchev–Trinajstić information content (AvgIpc) is 3.35. The molecule has 1 aliphatic rings. The molecule has 0 fully saturated rings. The number of carbonyl (C=O) groups excluding carboxylic acids is 1. The van der Waals surface area contributed by atoms with E-state index in [0.29, 0.717) is 35.8 Å². The number of nitrogens with one attached hydrogen (secondary N) is 2. The predicted octanol–water partition coefficient (Wildman–Crippen LogP) is 5.66. The zero-order valence-corrected chi connectivity index (χ0v) is 18.8. The summed E-state index contributed by atoms with van der Waals surface area (Å²) in [5.74, 6) is -0.629. The second-order valence-electron chi connectivity index (χ2n) is 8.09. The molecule has 37 heavy (non-hydrogen) atoms. The number of nitrogens with zero attached hydrogens (tertiary/aromatic N) is 2. The van der Waals surface area contributed by atoms with Crippen LogP contribution in [0.3, 0.4) is 0 Å². The molecule has 2 N–H and O–H groups in total. The minimum absolute atomic E-state index is 0.0289. The summed E-state index contributed by atoms with van der Waals surface area (Å²) in [4.78, 5) is 16.0. The molecular formula is C24H17BF6N4O2. The average molecular weight is 518 g/mol. The molecule has 3 aromatic rings. The first kappa shape index (κ1) is 26.0. The van der Waals surface area contributed by atoms with E-state index in [9.17, 15) is 31.1 Å². The molecule has 0 spiro atoms. The van der Waals surface area contributed by atoms with Crippen molar-refractivity contribution in [1.29, 1.82) is 0 Å². The van der Waals surface area contributed by atoms with Crippen molar-refractivity contribution in [2.45, 2.75) is 31.2 Å². The van der Waals surface area contributed by atoms with E-state index in [0.717, 1.165) is 23.9 Å². The molecule has 1 atom stereocenters. The summed E-state index contributed by atoms with van der Waals surface area (Å²) in [6.07, 6.45) is -3.63. The smallest absolute Gasteiger partial charge is 0.433 e. The Labute approximate surface area is 207 Å². The van der Waals surface area contributed by atoms with Crippen LogP contribution < -0.4 is 10.1 Å². The summed E-state index contributed by atoms with van der Waals surface area (Å²) in [7, 11) is 6.30. The maximum atomic E-state index is 13.0. The predicted molar refractivity (Wildman–Crippen MR) is 122 cm³/mol. The fourth-order valence-corrected chi connectivity index (χ4v) is 3.63. The first-order valence-corrected chi connectivity index (χ1v) is 10.8. The molecule has 190 valence electrons. The first-order chi connectivity index (χ1) is 17.4. The van der Waals surface area contributed by atoms with Gasteiger partial charge in [0.1, 0.15) is 13.6 Å². The fraction of sp³-hybridized carbons (Fsp3) is 0.208. The van der Waals surface area contributed by atoms with Crippen LogP contribution in [0, 0.1) is 0 Å². The summed E-state index contributed by atoms with van der Waals surface area (Å²) in [6, 6.07) is 8.02. The normalized spacial score (nSPS) is 17.4. The molecule has 1 aromatic carbocycles. The lowest BCUT2D eigenvalue weighted by Crippen LogP contribution is -2.35. The fourth-order valence-electron chi connectivity index (χ4n) is 3.63. The molecule has 6 nitrogen and oxygen atoms in total. The van der Waals surface area contributed by atoms with E-state index >= 15 is 0 Å². The number of benzene rings is 1. The minimum Gasteiger partial charge on any atom is -0.439 e. The van der Waals surface area contributed by atoms with Gasteiger partial charge >= 0.3 is 12.4 Å². The number of aromatic amines is 1. The van der Waals surface area contributed by atoms with Gasteiger partial charge in [0.25, 0.3) is 5.91 Å². The van der Waals surface area contributed by atoms with Gasteiger partial charge in [-0.25, -0.2) is 4.98 Å². The number of aromatic nitrogens is 3. The second kappa shape index (κ2) is 10.2. The second-order valence-corrected chi connectivity index (χ2v) is 8.09. The molecule has 4 rings (SSSR count). The van der Waals surface area contributed by atoms with Crippen molar-refractivity contribution in [2.75, 3.05) is 0 Å². The summed E-state index contributed by atoms with van der Waals surface area (Å²) in [6.45, 7) is 0. The Morgan fingerprint density at radius 2 is 1.86 bits per heavy atom. The summed E-state index contributed by atoms with van der Waals surface area (Å²) < 4.78 is 82.6. The number of hydrogen-bond acceptors (Lipinski definition) is 4. The highest BCUT2D eigenvalue weighted by molar-refractivity contribution is 6.43. The van der Waals surface area contributed by atoms with Crippen molar-refractivity contribution in [1.82, 2.24) is 20.5 Å².